The molecular weight excluding hydrogens is 290 g/mol. The first-order valence-electron chi connectivity index (χ1n) is 7.00. The van der Waals surface area contributed by atoms with E-state index in [1.807, 2.05) is 6.92 Å². The number of carbonyl (C=O) groups is 1. The van der Waals surface area contributed by atoms with Crippen LogP contribution in [0.15, 0.2) is 33.5 Å². The first-order chi connectivity index (χ1) is 9.99. The number of aromatic nitrogens is 1. The number of carbonyl (C=O) groups excluding carboxylic acids is 1. The molecule has 110 valence electrons. The van der Waals surface area contributed by atoms with Gasteiger partial charge in [0.05, 0.1) is 11.4 Å². The van der Waals surface area contributed by atoms with Crippen LogP contribution in [0.4, 0.5) is 0 Å². The van der Waals surface area contributed by atoms with Gasteiger partial charge < -0.3 is 4.42 Å². The van der Waals surface area contributed by atoms with Crippen molar-refractivity contribution in [3.05, 3.63) is 51.3 Å². The smallest absolute Gasteiger partial charge is 0.412 e. The van der Waals surface area contributed by atoms with Crippen molar-refractivity contribution in [1.29, 1.82) is 0 Å². The number of oxazole rings is 1. The van der Waals surface area contributed by atoms with Gasteiger partial charge in [0.15, 0.2) is 0 Å². The normalized spacial score (nSPS) is 21.1. The topological polar surface area (TPSA) is 52.2 Å². The largest absolute Gasteiger partial charge is 0.424 e. The summed E-state index contributed by atoms with van der Waals surface area (Å²) in [5.74, 6) is 0.254. The Kier molecular flexibility index (Phi) is 3.49. The number of hydrogen-bond acceptors (Lipinski definition) is 3. The molecule has 1 aliphatic carbocycles. The molecule has 1 aliphatic rings. The van der Waals surface area contributed by atoms with Gasteiger partial charge in [0.2, 0.25) is 0 Å². The molecule has 3 rings (SSSR count). The van der Waals surface area contributed by atoms with Crippen LogP contribution in [-0.4, -0.2) is 10.4 Å². The van der Waals surface area contributed by atoms with Gasteiger partial charge >= 0.3 is 5.76 Å². The standard InChI is InChI=1S/C16H16ClNO3/c1-9-13(10(2)19)7-8-14-15(9)21-16(20)18(14)12-5-3-11(17)4-6-12/h3-6,9,13H,7-8H2,1-2H3/t9-,13-/m0/s1. The fourth-order valence-corrected chi connectivity index (χ4v) is 3.27. The highest BCUT2D eigenvalue weighted by Gasteiger charge is 2.34. The number of rotatable bonds is 2. The Morgan fingerprint density at radius 3 is 2.62 bits per heavy atom. The van der Waals surface area contributed by atoms with Crippen molar-refractivity contribution in [2.75, 3.05) is 0 Å². The molecule has 4 nitrogen and oxygen atoms in total. The van der Waals surface area contributed by atoms with E-state index < -0.39 is 5.76 Å². The van der Waals surface area contributed by atoms with Crippen LogP contribution >= 0.6 is 11.6 Å². The minimum Gasteiger partial charge on any atom is -0.412 e. The summed E-state index contributed by atoms with van der Waals surface area (Å²) in [6, 6.07) is 7.07. The molecule has 0 saturated heterocycles. The van der Waals surface area contributed by atoms with E-state index in [0.29, 0.717) is 17.2 Å². The highest BCUT2D eigenvalue weighted by Crippen LogP contribution is 2.36. The Hall–Kier alpha value is -1.81. The second-order valence-corrected chi connectivity index (χ2v) is 5.97. The van der Waals surface area contributed by atoms with Crippen LogP contribution in [0, 0.1) is 5.92 Å². The Labute approximate surface area is 127 Å². The molecule has 0 N–H and O–H groups in total. The first-order valence-corrected chi connectivity index (χ1v) is 7.38. The van der Waals surface area contributed by atoms with Gasteiger partial charge in [-0.05, 0) is 44.0 Å². The number of nitrogens with zero attached hydrogens (tertiary/aromatic N) is 1. The molecule has 2 aromatic rings. The van der Waals surface area contributed by atoms with Crippen LogP contribution in [0.1, 0.15) is 37.6 Å². The maximum atomic E-state index is 12.2. The van der Waals surface area contributed by atoms with E-state index in [4.69, 9.17) is 16.0 Å². The van der Waals surface area contributed by atoms with Crippen LogP contribution in [0.3, 0.4) is 0 Å². The fourth-order valence-electron chi connectivity index (χ4n) is 3.14. The van der Waals surface area contributed by atoms with Gasteiger partial charge in [0.25, 0.3) is 0 Å². The minimum absolute atomic E-state index is 0.0625. The molecule has 0 bridgehead atoms. The SMILES string of the molecule is CC(=O)[C@H]1CCc2c(oc(=O)n2-c2ccc(Cl)cc2)[C@H]1C. The summed E-state index contributed by atoms with van der Waals surface area (Å²) in [5, 5.41) is 0.620. The number of halogens is 1. The third-order valence-electron chi connectivity index (χ3n) is 4.25. The Morgan fingerprint density at radius 2 is 2.00 bits per heavy atom. The molecular formula is C16H16ClNO3. The first kappa shape index (κ1) is 14.1. The van der Waals surface area contributed by atoms with E-state index >= 15 is 0 Å². The predicted molar refractivity (Wildman–Crippen MR) is 80.2 cm³/mol. The Bertz CT molecular complexity index is 742. The summed E-state index contributed by atoms with van der Waals surface area (Å²) in [4.78, 5) is 23.9. The quantitative estimate of drug-likeness (QED) is 0.855. The third-order valence-corrected chi connectivity index (χ3v) is 4.50. The molecule has 21 heavy (non-hydrogen) atoms. The maximum Gasteiger partial charge on any atom is 0.424 e. The number of Topliss-reactive ketones (excluding diaryl/α,β-unsaturated/α-hetero) is 1. The molecule has 5 heteroatoms. The van der Waals surface area contributed by atoms with Crippen LogP contribution in [0.2, 0.25) is 5.02 Å². The van der Waals surface area contributed by atoms with E-state index in [2.05, 4.69) is 0 Å². The zero-order valence-corrected chi connectivity index (χ0v) is 12.7. The van der Waals surface area contributed by atoms with Crippen LogP contribution in [0.25, 0.3) is 5.69 Å². The van der Waals surface area contributed by atoms with Gasteiger partial charge in [-0.2, -0.15) is 0 Å². The van der Waals surface area contributed by atoms with Crippen molar-refractivity contribution in [2.24, 2.45) is 5.92 Å². The number of benzene rings is 1. The van der Waals surface area contributed by atoms with Gasteiger partial charge in [-0.15, -0.1) is 0 Å². The van der Waals surface area contributed by atoms with Crippen molar-refractivity contribution in [3.63, 3.8) is 0 Å². The van der Waals surface area contributed by atoms with E-state index in [1.165, 1.54) is 0 Å². The molecule has 1 aromatic carbocycles. The minimum atomic E-state index is -0.404. The van der Waals surface area contributed by atoms with Crippen molar-refractivity contribution in [3.8, 4) is 5.69 Å². The maximum absolute atomic E-state index is 12.2. The molecule has 1 aromatic heterocycles. The van der Waals surface area contributed by atoms with Crippen molar-refractivity contribution >= 4 is 17.4 Å². The third kappa shape index (κ3) is 2.33. The average Bonchev–Trinajstić information content (AvgIpc) is 2.77. The lowest BCUT2D eigenvalue weighted by molar-refractivity contribution is -0.121. The summed E-state index contributed by atoms with van der Waals surface area (Å²) in [6.45, 7) is 3.54. The molecule has 0 radical (unpaired) electrons. The monoisotopic (exact) mass is 305 g/mol. The molecule has 2 atom stereocenters. The summed E-state index contributed by atoms with van der Waals surface area (Å²) in [5.41, 5.74) is 1.61. The average molecular weight is 306 g/mol. The summed E-state index contributed by atoms with van der Waals surface area (Å²) >= 11 is 5.89. The second-order valence-electron chi connectivity index (χ2n) is 5.54. The molecule has 0 amide bonds. The molecule has 0 spiro atoms. The van der Waals surface area contributed by atoms with Gasteiger partial charge in [-0.3, -0.25) is 4.79 Å². The molecule has 0 aliphatic heterocycles. The van der Waals surface area contributed by atoms with Gasteiger partial charge in [0, 0.05) is 16.9 Å². The molecule has 1 heterocycles. The van der Waals surface area contributed by atoms with Crippen LogP contribution in [-0.2, 0) is 11.2 Å². The van der Waals surface area contributed by atoms with Crippen molar-refractivity contribution < 1.29 is 9.21 Å². The Balaban J connectivity index is 2.10. The van der Waals surface area contributed by atoms with Gasteiger partial charge in [-0.25, -0.2) is 9.36 Å². The highest BCUT2D eigenvalue weighted by molar-refractivity contribution is 6.30. The van der Waals surface area contributed by atoms with E-state index in [1.54, 1.807) is 35.8 Å². The number of ketones is 1. The van der Waals surface area contributed by atoms with E-state index in [9.17, 15) is 9.59 Å². The number of hydrogen-bond donors (Lipinski definition) is 0. The fraction of sp³-hybridized carbons (Fsp3) is 0.375. The number of fused-ring (bicyclic) bond motifs is 1. The summed E-state index contributed by atoms with van der Waals surface area (Å²) in [7, 11) is 0. The van der Waals surface area contributed by atoms with Crippen LogP contribution in [0.5, 0.6) is 0 Å². The van der Waals surface area contributed by atoms with Crippen LogP contribution < -0.4 is 5.76 Å². The van der Waals surface area contributed by atoms with Crippen molar-refractivity contribution in [2.45, 2.75) is 32.6 Å². The zero-order chi connectivity index (χ0) is 15.1. The lowest BCUT2D eigenvalue weighted by atomic mass is 9.79. The van der Waals surface area contributed by atoms with E-state index in [0.717, 1.165) is 17.8 Å². The van der Waals surface area contributed by atoms with Crippen molar-refractivity contribution in [1.82, 2.24) is 4.57 Å². The molecule has 0 fully saturated rings. The second kappa shape index (κ2) is 5.19. The highest BCUT2D eigenvalue weighted by atomic mass is 35.5. The molecule has 0 unspecified atom stereocenters. The zero-order valence-electron chi connectivity index (χ0n) is 11.9. The lowest BCUT2D eigenvalue weighted by Crippen LogP contribution is -2.25. The summed E-state index contributed by atoms with van der Waals surface area (Å²) < 4.78 is 7.02. The predicted octanol–water partition coefficient (Wildman–Crippen LogP) is 3.34. The van der Waals surface area contributed by atoms with E-state index in [-0.39, 0.29) is 17.6 Å². The summed E-state index contributed by atoms with van der Waals surface area (Å²) in [6.07, 6.45) is 1.41. The van der Waals surface area contributed by atoms with Gasteiger partial charge in [0.1, 0.15) is 11.5 Å². The molecule has 0 saturated carbocycles. The Morgan fingerprint density at radius 1 is 1.33 bits per heavy atom. The lowest BCUT2D eigenvalue weighted by Gasteiger charge is -2.25. The van der Waals surface area contributed by atoms with Gasteiger partial charge in [-0.1, -0.05) is 18.5 Å².